The van der Waals surface area contributed by atoms with Crippen LogP contribution in [0.4, 0.5) is 4.39 Å². The number of hydrogen-bond acceptors (Lipinski definition) is 0. The van der Waals surface area contributed by atoms with E-state index in [2.05, 4.69) is 0 Å². The van der Waals surface area contributed by atoms with Crippen LogP contribution in [0, 0.1) is 0 Å². The highest BCUT2D eigenvalue weighted by Crippen LogP contribution is 2.02. The lowest BCUT2D eigenvalue weighted by molar-refractivity contribution is 0.411. The van der Waals surface area contributed by atoms with Gasteiger partial charge in [0.1, 0.15) is 6.17 Å². The van der Waals surface area contributed by atoms with Crippen molar-refractivity contribution in [3.05, 3.63) is 11.6 Å². The Labute approximate surface area is 44.0 Å². The van der Waals surface area contributed by atoms with Crippen molar-refractivity contribution in [3.8, 4) is 0 Å². The second kappa shape index (κ2) is 2.78. The highest BCUT2D eigenvalue weighted by molar-refractivity contribution is 5.00. The van der Waals surface area contributed by atoms with Crippen LogP contribution in [0.1, 0.15) is 20.8 Å². The summed E-state index contributed by atoms with van der Waals surface area (Å²) in [6.07, 6.45) is 1.01. The Morgan fingerprint density at radius 2 is 2.14 bits per heavy atom. The molecule has 0 aromatic heterocycles. The Hall–Kier alpha value is -0.330. The first-order chi connectivity index (χ1) is 3.18. The van der Waals surface area contributed by atoms with Crippen molar-refractivity contribution in [2.75, 3.05) is 0 Å². The first-order valence-corrected chi connectivity index (χ1v) is 2.45. The lowest BCUT2D eigenvalue weighted by Crippen LogP contribution is -1.91. The average Bonchev–Trinajstić information content (AvgIpc) is 1.65. The summed E-state index contributed by atoms with van der Waals surface area (Å²) in [5.74, 6) is 0. The zero-order valence-corrected chi connectivity index (χ0v) is 5.03. The maximum absolute atomic E-state index is 12.0. The first-order valence-electron chi connectivity index (χ1n) is 2.45. The first kappa shape index (κ1) is 6.67. The minimum absolute atomic E-state index is 0.773. The second-order valence-corrected chi connectivity index (χ2v) is 1.65. The van der Waals surface area contributed by atoms with E-state index in [4.69, 9.17) is 0 Å². The number of alkyl halides is 1. The third-order valence-electron chi connectivity index (χ3n) is 1.08. The van der Waals surface area contributed by atoms with E-state index in [0.29, 0.717) is 0 Å². The van der Waals surface area contributed by atoms with E-state index >= 15 is 0 Å². The summed E-state index contributed by atoms with van der Waals surface area (Å²) in [5.41, 5.74) is 0.806. The maximum Gasteiger partial charge on any atom is 0.118 e. The lowest BCUT2D eigenvalue weighted by Gasteiger charge is -1.96. The van der Waals surface area contributed by atoms with Crippen LogP contribution in [-0.4, -0.2) is 6.17 Å². The van der Waals surface area contributed by atoms with Crippen LogP contribution in [-0.2, 0) is 0 Å². The molecule has 0 bridgehead atoms. The van der Waals surface area contributed by atoms with Gasteiger partial charge in [0.05, 0.1) is 0 Å². The van der Waals surface area contributed by atoms with Gasteiger partial charge in [-0.15, -0.1) is 0 Å². The summed E-state index contributed by atoms with van der Waals surface area (Å²) in [4.78, 5) is 0. The van der Waals surface area contributed by atoms with Crippen molar-refractivity contribution in [2.45, 2.75) is 26.9 Å². The third kappa shape index (κ3) is 2.38. The molecule has 0 radical (unpaired) electrons. The van der Waals surface area contributed by atoms with Crippen molar-refractivity contribution in [2.24, 2.45) is 0 Å². The monoisotopic (exact) mass is 102 g/mol. The summed E-state index contributed by atoms with van der Waals surface area (Å²) >= 11 is 0. The van der Waals surface area contributed by atoms with Crippen molar-refractivity contribution in [1.82, 2.24) is 0 Å². The molecule has 0 aliphatic rings. The number of rotatable bonds is 1. The van der Waals surface area contributed by atoms with Crippen LogP contribution < -0.4 is 0 Å². The Balaban J connectivity index is 3.56. The van der Waals surface area contributed by atoms with Gasteiger partial charge in [-0.1, -0.05) is 6.08 Å². The maximum atomic E-state index is 12.0. The van der Waals surface area contributed by atoms with Crippen molar-refractivity contribution >= 4 is 0 Å². The van der Waals surface area contributed by atoms with E-state index < -0.39 is 6.17 Å². The van der Waals surface area contributed by atoms with E-state index in [1.165, 1.54) is 6.92 Å². The summed E-state index contributed by atoms with van der Waals surface area (Å²) in [5, 5.41) is 0. The molecular weight excluding hydrogens is 91.1 g/mol. The van der Waals surface area contributed by atoms with Crippen LogP contribution in [0.3, 0.4) is 0 Å². The van der Waals surface area contributed by atoms with Gasteiger partial charge in [0.15, 0.2) is 0 Å². The molecule has 0 saturated heterocycles. The normalized spacial score (nSPS) is 16.9. The van der Waals surface area contributed by atoms with Crippen LogP contribution in [0.15, 0.2) is 11.6 Å². The second-order valence-electron chi connectivity index (χ2n) is 1.65. The largest absolute Gasteiger partial charge is 0.243 e. The Bertz CT molecular complexity index is 72.2. The van der Waals surface area contributed by atoms with Crippen molar-refractivity contribution < 1.29 is 4.39 Å². The fraction of sp³-hybridized carbons (Fsp3) is 0.667. The fourth-order valence-electron chi connectivity index (χ4n) is 0.230. The zero-order valence-electron chi connectivity index (χ0n) is 5.03. The Morgan fingerprint density at radius 3 is 2.14 bits per heavy atom. The molecule has 0 saturated carbocycles. The molecule has 0 N–H and O–H groups in total. The molecule has 1 unspecified atom stereocenters. The van der Waals surface area contributed by atoms with Crippen LogP contribution in [0.25, 0.3) is 0 Å². The topological polar surface area (TPSA) is 0 Å². The van der Waals surface area contributed by atoms with E-state index in [-0.39, 0.29) is 0 Å². The molecule has 0 amide bonds. The van der Waals surface area contributed by atoms with Gasteiger partial charge in [0, 0.05) is 0 Å². The molecule has 0 heterocycles. The van der Waals surface area contributed by atoms with Crippen LogP contribution in [0.5, 0.6) is 0 Å². The molecule has 1 heteroatoms. The summed E-state index contributed by atoms with van der Waals surface area (Å²) in [7, 11) is 0. The summed E-state index contributed by atoms with van der Waals surface area (Å²) in [6, 6.07) is 0. The van der Waals surface area contributed by atoms with Gasteiger partial charge in [0.25, 0.3) is 0 Å². The molecule has 0 aromatic carbocycles. The molecular formula is C6H11F. The molecule has 0 nitrogen and oxygen atoms in total. The molecule has 42 valence electrons. The highest BCUT2D eigenvalue weighted by atomic mass is 19.1. The van der Waals surface area contributed by atoms with Gasteiger partial charge in [0.2, 0.25) is 0 Å². The van der Waals surface area contributed by atoms with Crippen molar-refractivity contribution in [1.29, 1.82) is 0 Å². The van der Waals surface area contributed by atoms with E-state index in [9.17, 15) is 4.39 Å². The predicted octanol–water partition coefficient (Wildman–Crippen LogP) is 2.31. The number of hydrogen-bond donors (Lipinski definition) is 0. The van der Waals surface area contributed by atoms with Crippen molar-refractivity contribution in [3.63, 3.8) is 0 Å². The van der Waals surface area contributed by atoms with Crippen LogP contribution >= 0.6 is 0 Å². The van der Waals surface area contributed by atoms with Gasteiger partial charge in [-0.05, 0) is 26.3 Å². The molecule has 0 aliphatic heterocycles. The Morgan fingerprint density at radius 1 is 1.71 bits per heavy atom. The summed E-state index contributed by atoms with van der Waals surface area (Å²) in [6.45, 7) is 5.16. The zero-order chi connectivity index (χ0) is 5.86. The third-order valence-corrected chi connectivity index (χ3v) is 1.08. The molecule has 0 spiro atoms. The van der Waals surface area contributed by atoms with Gasteiger partial charge in [-0.25, -0.2) is 4.39 Å². The van der Waals surface area contributed by atoms with Gasteiger partial charge in [-0.2, -0.15) is 0 Å². The molecule has 0 aromatic rings. The minimum atomic E-state index is -0.773. The molecule has 0 rings (SSSR count). The number of allylic oxidation sites excluding steroid dienone is 2. The standard InChI is InChI=1S/C6H11F/c1-4-5(2)6(3)7/h4,6H,1-3H3/b5-4-. The molecule has 0 aliphatic carbocycles. The van der Waals surface area contributed by atoms with Gasteiger partial charge in [-0.3, -0.25) is 0 Å². The van der Waals surface area contributed by atoms with Gasteiger partial charge < -0.3 is 0 Å². The minimum Gasteiger partial charge on any atom is -0.243 e. The lowest BCUT2D eigenvalue weighted by atomic mass is 10.2. The van der Waals surface area contributed by atoms with E-state index in [1.807, 2.05) is 6.92 Å². The SMILES string of the molecule is C/C=C(/C)C(C)F. The molecule has 0 fully saturated rings. The number of halogens is 1. The van der Waals surface area contributed by atoms with Gasteiger partial charge >= 0.3 is 0 Å². The summed E-state index contributed by atoms with van der Waals surface area (Å²) < 4.78 is 12.0. The van der Waals surface area contributed by atoms with E-state index in [0.717, 1.165) is 5.57 Å². The fourth-order valence-corrected chi connectivity index (χ4v) is 0.230. The van der Waals surface area contributed by atoms with Crippen LogP contribution in [0.2, 0.25) is 0 Å². The Kier molecular flexibility index (Phi) is 2.65. The quantitative estimate of drug-likeness (QED) is 0.446. The molecule has 1 atom stereocenters. The average molecular weight is 102 g/mol. The predicted molar refractivity (Wildman–Crippen MR) is 30.0 cm³/mol. The van der Waals surface area contributed by atoms with E-state index in [1.54, 1.807) is 13.0 Å². The highest BCUT2D eigenvalue weighted by Gasteiger charge is 1.95. The molecule has 7 heavy (non-hydrogen) atoms. The smallest absolute Gasteiger partial charge is 0.118 e.